The van der Waals surface area contributed by atoms with Crippen LogP contribution in [0.4, 0.5) is 0 Å². The number of rotatable bonds is 3. The maximum Gasteiger partial charge on any atom is 0.270 e. The van der Waals surface area contributed by atoms with Gasteiger partial charge in [0.25, 0.3) is 5.91 Å². The Balaban J connectivity index is 1.34. The smallest absolute Gasteiger partial charge is 0.270 e. The summed E-state index contributed by atoms with van der Waals surface area (Å²) in [4.78, 5) is 51.1. The quantitative estimate of drug-likeness (QED) is 0.535. The van der Waals surface area contributed by atoms with E-state index in [4.69, 9.17) is 9.47 Å². The number of hydrogen-bond acceptors (Lipinski definition) is 7. The summed E-state index contributed by atoms with van der Waals surface area (Å²) in [5, 5.41) is 3.13. The van der Waals surface area contributed by atoms with Gasteiger partial charge >= 0.3 is 0 Å². The second-order valence-electron chi connectivity index (χ2n) is 13.5. The van der Waals surface area contributed by atoms with Gasteiger partial charge in [0.05, 0.1) is 19.3 Å². The Morgan fingerprint density at radius 3 is 2.48 bits per heavy atom. The number of amides is 3. The Morgan fingerprint density at radius 2 is 1.73 bits per heavy atom. The first-order chi connectivity index (χ1) is 21.1. The number of carbonyl (C=O) groups excluding carboxylic acids is 3. The second-order valence-corrected chi connectivity index (χ2v) is 13.5. The van der Waals surface area contributed by atoms with Crippen LogP contribution in [0.3, 0.4) is 0 Å². The van der Waals surface area contributed by atoms with E-state index in [0.29, 0.717) is 77.1 Å². The molecule has 0 radical (unpaired) electrons. The molecule has 6 bridgehead atoms. The van der Waals surface area contributed by atoms with Crippen molar-refractivity contribution in [1.29, 1.82) is 0 Å². The highest BCUT2D eigenvalue weighted by molar-refractivity contribution is 5.92. The van der Waals surface area contributed by atoms with Crippen molar-refractivity contribution < 1.29 is 23.9 Å². The molecule has 6 rings (SSSR count). The Kier molecular flexibility index (Phi) is 10.5. The van der Waals surface area contributed by atoms with Crippen LogP contribution in [0.1, 0.15) is 62.5 Å². The van der Waals surface area contributed by atoms with E-state index < -0.39 is 0 Å². The van der Waals surface area contributed by atoms with E-state index in [9.17, 15) is 14.4 Å². The van der Waals surface area contributed by atoms with Crippen molar-refractivity contribution in [3.05, 3.63) is 59.8 Å². The van der Waals surface area contributed by atoms with Crippen LogP contribution < -0.4 is 10.1 Å². The molecule has 2 fully saturated rings. The monoisotopic (exact) mass is 605 g/mol. The van der Waals surface area contributed by atoms with Gasteiger partial charge in [0.15, 0.2) is 0 Å². The van der Waals surface area contributed by atoms with Gasteiger partial charge in [-0.05, 0) is 42.2 Å². The Bertz CT molecular complexity index is 1270. The van der Waals surface area contributed by atoms with Crippen molar-refractivity contribution in [3.8, 4) is 5.88 Å². The molecule has 3 amide bonds. The lowest BCUT2D eigenvalue weighted by atomic mass is 9.90. The van der Waals surface area contributed by atoms with Crippen LogP contribution in [-0.2, 0) is 20.9 Å². The molecule has 5 heterocycles. The third-order valence-electron chi connectivity index (χ3n) is 8.63. The predicted octanol–water partition coefficient (Wildman–Crippen LogP) is 3.37. The highest BCUT2D eigenvalue weighted by atomic mass is 16.5. The Labute approximate surface area is 261 Å². The number of piperidine rings is 1. The lowest BCUT2D eigenvalue weighted by molar-refractivity contribution is -0.139. The van der Waals surface area contributed by atoms with Gasteiger partial charge in [-0.15, -0.1) is 0 Å². The van der Waals surface area contributed by atoms with Gasteiger partial charge < -0.3 is 24.6 Å². The van der Waals surface area contributed by atoms with Crippen LogP contribution in [0.2, 0.25) is 0 Å². The summed E-state index contributed by atoms with van der Waals surface area (Å²) in [6.07, 6.45) is 2.72. The fraction of sp³-hybridized carbons (Fsp3) is 0.588. The standard InChI is InChI=1S/C34H47N5O5/c1-34(2,3)21-31(40)38-16-17-43-18-19-44-30-11-7-10-28(36-30)32(41)35-27-20-29(33(42)37-14-12-26(22-38)13-15-37)39(24-27)23-25-8-5-4-6-9-25/h4-11,26-27,29H,12-24H2,1-3H3,(H,35,41)/t27-,29-/m0/s1. The molecule has 0 aliphatic carbocycles. The normalized spacial score (nSPS) is 24.4. The van der Waals surface area contributed by atoms with Crippen LogP contribution in [-0.4, -0.2) is 102 Å². The fourth-order valence-corrected chi connectivity index (χ4v) is 6.36. The molecule has 1 N–H and O–H groups in total. The molecular formula is C34H47N5O5. The van der Waals surface area contributed by atoms with Crippen LogP contribution in [0, 0.1) is 11.3 Å². The Morgan fingerprint density at radius 1 is 0.955 bits per heavy atom. The number of pyridine rings is 1. The van der Waals surface area contributed by atoms with Crippen molar-refractivity contribution >= 4 is 17.7 Å². The van der Waals surface area contributed by atoms with Crippen LogP contribution >= 0.6 is 0 Å². The maximum atomic E-state index is 14.0. The first kappa shape index (κ1) is 31.9. The zero-order valence-electron chi connectivity index (χ0n) is 26.4. The fourth-order valence-electron chi connectivity index (χ4n) is 6.36. The van der Waals surface area contributed by atoms with E-state index in [1.54, 1.807) is 18.2 Å². The van der Waals surface area contributed by atoms with Gasteiger partial charge in [-0.2, -0.15) is 0 Å². The van der Waals surface area contributed by atoms with Gasteiger partial charge in [0, 0.05) is 57.8 Å². The minimum atomic E-state index is -0.323. The summed E-state index contributed by atoms with van der Waals surface area (Å²) < 4.78 is 11.6. The number of carbonyl (C=O) groups is 3. The molecule has 10 nitrogen and oxygen atoms in total. The lowest BCUT2D eigenvalue weighted by Gasteiger charge is -2.37. The van der Waals surface area contributed by atoms with Gasteiger partial charge in [-0.1, -0.05) is 57.2 Å². The van der Waals surface area contributed by atoms with E-state index in [1.807, 2.05) is 28.0 Å². The summed E-state index contributed by atoms with van der Waals surface area (Å²) in [6.45, 7) is 11.0. The zero-order chi connectivity index (χ0) is 31.1. The molecule has 0 unspecified atom stereocenters. The molecule has 2 atom stereocenters. The topological polar surface area (TPSA) is 104 Å². The first-order valence-corrected chi connectivity index (χ1v) is 16.0. The first-order valence-electron chi connectivity index (χ1n) is 16.0. The zero-order valence-corrected chi connectivity index (χ0v) is 26.4. The molecule has 2 saturated heterocycles. The van der Waals surface area contributed by atoms with Gasteiger partial charge in [0.1, 0.15) is 12.3 Å². The van der Waals surface area contributed by atoms with E-state index in [1.165, 1.54) is 0 Å². The summed E-state index contributed by atoms with van der Waals surface area (Å²) >= 11 is 0. The van der Waals surface area contributed by atoms with E-state index in [-0.39, 0.29) is 47.5 Å². The number of aromatic nitrogens is 1. The largest absolute Gasteiger partial charge is 0.475 e. The van der Waals surface area contributed by atoms with Crippen molar-refractivity contribution in [2.24, 2.45) is 11.3 Å². The number of benzene rings is 1. The van der Waals surface area contributed by atoms with Crippen molar-refractivity contribution in [2.45, 2.75) is 65.1 Å². The molecular weight excluding hydrogens is 558 g/mol. The van der Waals surface area contributed by atoms with E-state index >= 15 is 0 Å². The maximum absolute atomic E-state index is 14.0. The molecule has 4 aliphatic heterocycles. The third kappa shape index (κ3) is 8.79. The summed E-state index contributed by atoms with van der Waals surface area (Å²) in [6, 6.07) is 14.8. The average molecular weight is 606 g/mol. The van der Waals surface area contributed by atoms with E-state index in [2.05, 4.69) is 48.1 Å². The second kappa shape index (κ2) is 14.5. The third-order valence-corrected chi connectivity index (χ3v) is 8.63. The number of nitrogens with zero attached hydrogens (tertiary/aromatic N) is 4. The van der Waals surface area contributed by atoms with Gasteiger partial charge in [0.2, 0.25) is 17.7 Å². The number of fused-ring (bicyclic) bond motifs is 10. The van der Waals surface area contributed by atoms with Crippen LogP contribution in [0.5, 0.6) is 5.88 Å². The molecule has 44 heavy (non-hydrogen) atoms. The minimum absolute atomic E-state index is 0.105. The number of ether oxygens (including phenoxy) is 2. The lowest BCUT2D eigenvalue weighted by Crippen LogP contribution is -2.49. The predicted molar refractivity (Wildman–Crippen MR) is 167 cm³/mol. The molecule has 0 spiro atoms. The molecule has 1 aromatic carbocycles. The highest BCUT2D eigenvalue weighted by Crippen LogP contribution is 2.27. The molecule has 2 aromatic rings. The van der Waals surface area contributed by atoms with Crippen LogP contribution in [0.25, 0.3) is 0 Å². The molecule has 10 heteroatoms. The summed E-state index contributed by atoms with van der Waals surface area (Å²) in [5.41, 5.74) is 1.30. The van der Waals surface area contributed by atoms with Crippen molar-refractivity contribution in [3.63, 3.8) is 0 Å². The summed E-state index contributed by atoms with van der Waals surface area (Å²) in [5.74, 6) is 0.652. The average Bonchev–Trinajstić information content (AvgIpc) is 3.39. The highest BCUT2D eigenvalue weighted by Gasteiger charge is 2.40. The summed E-state index contributed by atoms with van der Waals surface area (Å²) in [7, 11) is 0. The van der Waals surface area contributed by atoms with Crippen molar-refractivity contribution in [2.75, 3.05) is 52.5 Å². The molecule has 1 aromatic heterocycles. The Hall–Kier alpha value is -3.50. The SMILES string of the molecule is CC(C)(C)CC(=O)N1CCOCCOc2cccc(n2)C(=O)N[C@H]2C[C@@H](C(=O)N3CCC(CC3)C1)N(Cc1ccccc1)C2. The number of hydrogen-bond donors (Lipinski definition) is 1. The van der Waals surface area contributed by atoms with Gasteiger partial charge in [-0.25, -0.2) is 4.98 Å². The number of nitrogens with one attached hydrogen (secondary N) is 1. The van der Waals surface area contributed by atoms with Crippen LogP contribution in [0.15, 0.2) is 48.5 Å². The van der Waals surface area contributed by atoms with E-state index in [0.717, 1.165) is 18.4 Å². The molecule has 238 valence electrons. The van der Waals surface area contributed by atoms with Gasteiger partial charge in [-0.3, -0.25) is 19.3 Å². The molecule has 0 saturated carbocycles. The minimum Gasteiger partial charge on any atom is -0.475 e. The van der Waals surface area contributed by atoms with Crippen molar-refractivity contribution in [1.82, 2.24) is 25.0 Å². The molecule has 4 aliphatic rings. The number of likely N-dealkylation sites (tertiary alicyclic amines) is 1.